The van der Waals surface area contributed by atoms with Crippen LogP contribution in [-0.2, 0) is 10.9 Å². The first-order valence-electron chi connectivity index (χ1n) is 14.0. The molecule has 2 aliphatic rings. The molecular formula is C29H32F5N7O3. The van der Waals surface area contributed by atoms with Gasteiger partial charge in [0.15, 0.2) is 5.82 Å². The van der Waals surface area contributed by atoms with E-state index in [9.17, 15) is 22.8 Å². The number of aromatic amines is 1. The van der Waals surface area contributed by atoms with Gasteiger partial charge in [-0.1, -0.05) is 0 Å². The second kappa shape index (κ2) is 12.1. The molecule has 15 heteroatoms. The monoisotopic (exact) mass is 621 g/mol. The van der Waals surface area contributed by atoms with Gasteiger partial charge in [-0.3, -0.25) is 9.59 Å². The minimum absolute atomic E-state index is 0.0271. The molecule has 3 atom stereocenters. The van der Waals surface area contributed by atoms with Crippen LogP contribution in [0.4, 0.5) is 39.3 Å². The average Bonchev–Trinajstić information content (AvgIpc) is 2.95. The number of nitrogens with one attached hydrogen (secondary N) is 2. The van der Waals surface area contributed by atoms with Crippen molar-refractivity contribution in [1.82, 2.24) is 19.9 Å². The Balaban J connectivity index is 1.57. The van der Waals surface area contributed by atoms with Crippen LogP contribution >= 0.6 is 0 Å². The standard InChI is InChI=1S/C29H32F5N7O3/c1-15-12-40(6-5-39(15)4)22-8-21(30)24(18-9-36-28(37-10-18)41-13-16(2)44-17(3)14-41)25(31)26(22)38-27(43)19-11-35-23(42)7-20(19)29(32,33)34/h7-11,15-17H,5-6,12-14H2,1-4H3,(H,35,42)(H,38,43)/t15?,16-,17-/m0/s1. The molecule has 2 aliphatic heterocycles. The van der Waals surface area contributed by atoms with Crippen molar-refractivity contribution in [2.24, 2.45) is 0 Å². The molecular weight excluding hydrogens is 589 g/mol. The first-order valence-corrected chi connectivity index (χ1v) is 14.0. The average molecular weight is 622 g/mol. The fourth-order valence-corrected chi connectivity index (χ4v) is 5.54. The number of hydrogen-bond donors (Lipinski definition) is 2. The highest BCUT2D eigenvalue weighted by atomic mass is 19.4. The Kier molecular flexibility index (Phi) is 8.62. The van der Waals surface area contributed by atoms with Crippen molar-refractivity contribution in [3.63, 3.8) is 0 Å². The number of carbonyl (C=O) groups is 1. The van der Waals surface area contributed by atoms with E-state index in [-0.39, 0.29) is 35.6 Å². The summed E-state index contributed by atoms with van der Waals surface area (Å²) < 4.78 is 79.0. The molecule has 4 heterocycles. The number of pyridine rings is 1. The molecule has 1 unspecified atom stereocenters. The molecule has 0 saturated carbocycles. The topological polar surface area (TPSA) is 107 Å². The molecule has 3 aromatic rings. The number of morpholine rings is 1. The van der Waals surface area contributed by atoms with Crippen molar-refractivity contribution in [3.05, 3.63) is 63.8 Å². The number of piperazine rings is 1. The van der Waals surface area contributed by atoms with Crippen LogP contribution in [0.2, 0.25) is 0 Å². The number of halogens is 5. The Morgan fingerprint density at radius 3 is 2.30 bits per heavy atom. The lowest BCUT2D eigenvalue weighted by Crippen LogP contribution is -2.50. The van der Waals surface area contributed by atoms with Crippen LogP contribution in [0.1, 0.15) is 36.7 Å². The Morgan fingerprint density at radius 2 is 1.68 bits per heavy atom. The Labute approximate surface area is 249 Å². The molecule has 2 fully saturated rings. The number of likely N-dealkylation sites (N-methyl/N-ethyl adjacent to an activating group) is 1. The molecule has 2 N–H and O–H groups in total. The van der Waals surface area contributed by atoms with E-state index in [1.165, 1.54) is 12.4 Å². The van der Waals surface area contributed by atoms with Gasteiger partial charge in [-0.25, -0.2) is 18.7 Å². The lowest BCUT2D eigenvalue weighted by Gasteiger charge is -2.39. The number of hydrogen-bond acceptors (Lipinski definition) is 8. The molecule has 1 amide bonds. The zero-order valence-electron chi connectivity index (χ0n) is 24.5. The maximum absolute atomic E-state index is 16.4. The molecule has 1 aromatic carbocycles. The Bertz CT molecular complexity index is 1590. The van der Waals surface area contributed by atoms with Crippen LogP contribution in [0.3, 0.4) is 0 Å². The van der Waals surface area contributed by atoms with Gasteiger partial charge in [0.05, 0.1) is 34.6 Å². The predicted octanol–water partition coefficient (Wildman–Crippen LogP) is 4.14. The number of H-pyrrole nitrogens is 1. The van der Waals surface area contributed by atoms with Gasteiger partial charge < -0.3 is 29.7 Å². The van der Waals surface area contributed by atoms with Gasteiger partial charge in [-0.05, 0) is 27.8 Å². The van der Waals surface area contributed by atoms with E-state index in [4.69, 9.17) is 4.74 Å². The molecule has 0 radical (unpaired) electrons. The number of ether oxygens (including phenoxy) is 1. The van der Waals surface area contributed by atoms with Gasteiger partial charge in [0.2, 0.25) is 11.5 Å². The van der Waals surface area contributed by atoms with Crippen molar-refractivity contribution < 1.29 is 31.5 Å². The van der Waals surface area contributed by atoms with Gasteiger partial charge in [0, 0.05) is 75.1 Å². The summed E-state index contributed by atoms with van der Waals surface area (Å²) in [5.41, 5.74) is -4.63. The maximum atomic E-state index is 16.4. The van der Waals surface area contributed by atoms with E-state index < -0.39 is 51.7 Å². The SMILES string of the molecule is CC1CN(c2cc(F)c(-c3cnc(N4C[C@H](C)O[C@@H](C)C4)nc3)c(F)c2NC(=O)c2c[nH]c(=O)cc2C(F)(F)F)CCN1C. The number of carbonyl (C=O) groups excluding carboxylic acids is 1. The van der Waals surface area contributed by atoms with E-state index in [1.807, 2.05) is 37.6 Å². The molecule has 2 saturated heterocycles. The summed E-state index contributed by atoms with van der Waals surface area (Å²) in [7, 11) is 1.89. The summed E-state index contributed by atoms with van der Waals surface area (Å²) in [5.74, 6) is -3.17. The van der Waals surface area contributed by atoms with Gasteiger partial charge in [-0.2, -0.15) is 13.2 Å². The van der Waals surface area contributed by atoms with Crippen LogP contribution in [0.25, 0.3) is 11.1 Å². The molecule has 0 spiro atoms. The van der Waals surface area contributed by atoms with Crippen molar-refractivity contribution in [2.45, 2.75) is 45.2 Å². The molecule has 0 aliphatic carbocycles. The number of alkyl halides is 3. The zero-order valence-corrected chi connectivity index (χ0v) is 24.5. The number of aromatic nitrogens is 3. The first kappa shape index (κ1) is 31.3. The Hall–Kier alpha value is -4.11. The third-order valence-corrected chi connectivity index (χ3v) is 7.84. The molecule has 236 valence electrons. The van der Waals surface area contributed by atoms with Gasteiger partial charge >= 0.3 is 6.18 Å². The van der Waals surface area contributed by atoms with Gasteiger partial charge in [0.1, 0.15) is 11.5 Å². The molecule has 44 heavy (non-hydrogen) atoms. The number of rotatable bonds is 5. The summed E-state index contributed by atoms with van der Waals surface area (Å²) in [4.78, 5) is 41.1. The lowest BCUT2D eigenvalue weighted by atomic mass is 10.0. The summed E-state index contributed by atoms with van der Waals surface area (Å²) in [6, 6.07) is 1.27. The van der Waals surface area contributed by atoms with Crippen LogP contribution in [0.15, 0.2) is 35.5 Å². The molecule has 5 rings (SSSR count). The molecule has 0 bridgehead atoms. The van der Waals surface area contributed by atoms with E-state index in [0.29, 0.717) is 44.9 Å². The van der Waals surface area contributed by atoms with Crippen LogP contribution in [0.5, 0.6) is 0 Å². The number of benzene rings is 1. The highest BCUT2D eigenvalue weighted by Crippen LogP contribution is 2.39. The van der Waals surface area contributed by atoms with E-state index in [0.717, 1.165) is 6.07 Å². The predicted molar refractivity (Wildman–Crippen MR) is 154 cm³/mol. The molecule has 2 aromatic heterocycles. The van der Waals surface area contributed by atoms with E-state index in [2.05, 4.69) is 20.3 Å². The second-order valence-corrected chi connectivity index (χ2v) is 11.2. The second-order valence-electron chi connectivity index (χ2n) is 11.2. The maximum Gasteiger partial charge on any atom is 0.417 e. The highest BCUT2D eigenvalue weighted by Gasteiger charge is 2.37. The summed E-state index contributed by atoms with van der Waals surface area (Å²) in [6.07, 6.45) is -2.08. The lowest BCUT2D eigenvalue weighted by molar-refractivity contribution is -0.138. The molecule has 10 nitrogen and oxygen atoms in total. The van der Waals surface area contributed by atoms with Crippen LogP contribution < -0.4 is 20.7 Å². The van der Waals surface area contributed by atoms with Crippen molar-refractivity contribution in [2.75, 3.05) is 54.9 Å². The van der Waals surface area contributed by atoms with Crippen LogP contribution in [0, 0.1) is 11.6 Å². The number of anilines is 3. The fraction of sp³-hybridized carbons (Fsp3) is 0.448. The van der Waals surface area contributed by atoms with Crippen molar-refractivity contribution >= 4 is 23.2 Å². The summed E-state index contributed by atoms with van der Waals surface area (Å²) >= 11 is 0. The van der Waals surface area contributed by atoms with Gasteiger partial charge in [-0.15, -0.1) is 0 Å². The minimum Gasteiger partial charge on any atom is -0.372 e. The smallest absolute Gasteiger partial charge is 0.372 e. The quantitative estimate of drug-likeness (QED) is 0.410. The minimum atomic E-state index is -5.04. The van der Waals surface area contributed by atoms with Crippen molar-refractivity contribution in [1.29, 1.82) is 0 Å². The fourth-order valence-electron chi connectivity index (χ4n) is 5.54. The zero-order chi connectivity index (χ0) is 31.9. The number of amides is 1. The van der Waals surface area contributed by atoms with Crippen molar-refractivity contribution in [3.8, 4) is 11.1 Å². The van der Waals surface area contributed by atoms with E-state index in [1.54, 1.807) is 4.90 Å². The summed E-state index contributed by atoms with van der Waals surface area (Å²) in [6.45, 7) is 7.97. The third kappa shape index (κ3) is 6.38. The van der Waals surface area contributed by atoms with Gasteiger partial charge in [0.25, 0.3) is 5.91 Å². The third-order valence-electron chi connectivity index (χ3n) is 7.84. The van der Waals surface area contributed by atoms with Crippen LogP contribution in [-0.4, -0.2) is 83.8 Å². The first-order chi connectivity index (χ1) is 20.7. The Morgan fingerprint density at radius 1 is 1.02 bits per heavy atom. The number of nitrogens with zero attached hydrogens (tertiary/aromatic N) is 5. The summed E-state index contributed by atoms with van der Waals surface area (Å²) in [5, 5.41) is 2.24. The normalized spacial score (nSPS) is 21.4. The highest BCUT2D eigenvalue weighted by molar-refractivity contribution is 6.07. The van der Waals surface area contributed by atoms with E-state index >= 15 is 8.78 Å². The largest absolute Gasteiger partial charge is 0.417 e.